The first-order valence-corrected chi connectivity index (χ1v) is 8.48. The molecule has 1 saturated carbocycles. The van der Waals surface area contributed by atoms with Gasteiger partial charge in [-0.1, -0.05) is 18.5 Å². The molecule has 0 aromatic carbocycles. The summed E-state index contributed by atoms with van der Waals surface area (Å²) < 4.78 is 1.97. The van der Waals surface area contributed by atoms with Crippen molar-refractivity contribution in [3.63, 3.8) is 0 Å². The summed E-state index contributed by atoms with van der Waals surface area (Å²) in [5.41, 5.74) is 2.35. The number of hydrogen-bond acceptors (Lipinski definition) is 3. The molecule has 3 rings (SSSR count). The van der Waals surface area contributed by atoms with Crippen LogP contribution in [-0.4, -0.2) is 39.4 Å². The van der Waals surface area contributed by atoms with Crippen LogP contribution in [0.4, 0.5) is 0 Å². The van der Waals surface area contributed by atoms with Crippen LogP contribution in [0.1, 0.15) is 45.0 Å². The Kier molecular flexibility index (Phi) is 4.06. The Morgan fingerprint density at radius 2 is 2.10 bits per heavy atom. The molecule has 1 aliphatic heterocycles. The number of nitrogens with zero attached hydrogens (tertiary/aromatic N) is 3. The third-order valence-electron chi connectivity index (χ3n) is 4.88. The van der Waals surface area contributed by atoms with Crippen molar-refractivity contribution in [3.05, 3.63) is 16.4 Å². The summed E-state index contributed by atoms with van der Waals surface area (Å²) >= 11 is 6.54. The second-order valence-electron chi connectivity index (χ2n) is 7.26. The quantitative estimate of drug-likeness (QED) is 0.928. The first kappa shape index (κ1) is 15.3. The molecule has 1 aliphatic carbocycles. The van der Waals surface area contributed by atoms with Gasteiger partial charge < -0.3 is 5.32 Å². The third kappa shape index (κ3) is 3.13. The van der Waals surface area contributed by atoms with Gasteiger partial charge in [0.25, 0.3) is 0 Å². The summed E-state index contributed by atoms with van der Waals surface area (Å²) in [5, 5.41) is 9.12. The SMILES string of the molecule is CCc1nn(C)c(CN2CC(C)(C)NCC2C2CC2)c1Cl. The van der Waals surface area contributed by atoms with Crippen molar-refractivity contribution in [3.8, 4) is 0 Å². The van der Waals surface area contributed by atoms with Gasteiger partial charge in [0.05, 0.1) is 16.4 Å². The van der Waals surface area contributed by atoms with Crippen LogP contribution in [0.3, 0.4) is 0 Å². The van der Waals surface area contributed by atoms with Crippen LogP contribution in [-0.2, 0) is 20.0 Å². The standard InChI is InChI=1S/C16H27ClN4/c1-5-12-15(17)14(20(4)19-12)9-21-10-16(2,3)18-8-13(21)11-6-7-11/h11,13,18H,5-10H2,1-4H3. The minimum absolute atomic E-state index is 0.171. The monoisotopic (exact) mass is 310 g/mol. The molecular formula is C16H27ClN4. The summed E-state index contributed by atoms with van der Waals surface area (Å²) in [6, 6.07) is 0.647. The zero-order chi connectivity index (χ0) is 15.2. The number of nitrogens with one attached hydrogen (secondary N) is 1. The first-order valence-electron chi connectivity index (χ1n) is 8.10. The van der Waals surface area contributed by atoms with Gasteiger partial charge in [0, 0.05) is 38.3 Å². The van der Waals surface area contributed by atoms with E-state index >= 15 is 0 Å². The second kappa shape index (κ2) is 5.56. The molecule has 118 valence electrons. The molecule has 21 heavy (non-hydrogen) atoms. The fraction of sp³-hybridized carbons (Fsp3) is 0.812. The highest BCUT2D eigenvalue weighted by Crippen LogP contribution is 2.38. The van der Waals surface area contributed by atoms with Crippen LogP contribution in [0.2, 0.25) is 5.02 Å². The Bertz CT molecular complexity index is 519. The van der Waals surface area contributed by atoms with Crippen LogP contribution in [0, 0.1) is 5.92 Å². The summed E-state index contributed by atoms with van der Waals surface area (Å²) in [6.45, 7) is 9.75. The molecule has 4 nitrogen and oxygen atoms in total. The van der Waals surface area contributed by atoms with Crippen molar-refractivity contribution in [1.29, 1.82) is 0 Å². The molecule has 0 amide bonds. The van der Waals surface area contributed by atoms with E-state index in [0.29, 0.717) is 6.04 Å². The lowest BCUT2D eigenvalue weighted by atomic mass is 9.96. The van der Waals surface area contributed by atoms with E-state index in [9.17, 15) is 0 Å². The molecule has 5 heteroatoms. The van der Waals surface area contributed by atoms with Crippen molar-refractivity contribution in [2.75, 3.05) is 13.1 Å². The predicted molar refractivity (Wildman–Crippen MR) is 86.6 cm³/mol. The maximum atomic E-state index is 6.54. The van der Waals surface area contributed by atoms with Gasteiger partial charge in [-0.25, -0.2) is 0 Å². The van der Waals surface area contributed by atoms with E-state index in [1.807, 2.05) is 11.7 Å². The molecule has 1 atom stereocenters. The van der Waals surface area contributed by atoms with Gasteiger partial charge in [0.1, 0.15) is 0 Å². The number of halogens is 1. The van der Waals surface area contributed by atoms with Crippen LogP contribution in [0.5, 0.6) is 0 Å². The molecule has 1 unspecified atom stereocenters. The summed E-state index contributed by atoms with van der Waals surface area (Å²) in [4.78, 5) is 2.62. The Morgan fingerprint density at radius 3 is 2.67 bits per heavy atom. The van der Waals surface area contributed by atoms with Gasteiger partial charge in [-0.05, 0) is 39.0 Å². The average molecular weight is 311 g/mol. The number of piperazine rings is 1. The fourth-order valence-corrected chi connectivity index (χ4v) is 3.85. The molecule has 0 spiro atoms. The highest BCUT2D eigenvalue weighted by atomic mass is 35.5. The lowest BCUT2D eigenvalue weighted by Crippen LogP contribution is -2.61. The number of hydrogen-bond donors (Lipinski definition) is 1. The van der Waals surface area contributed by atoms with Crippen molar-refractivity contribution < 1.29 is 0 Å². The lowest BCUT2D eigenvalue weighted by molar-refractivity contribution is 0.0738. The number of aromatic nitrogens is 2. The normalized spacial score (nSPS) is 26.2. The highest BCUT2D eigenvalue weighted by Gasteiger charge is 2.41. The lowest BCUT2D eigenvalue weighted by Gasteiger charge is -2.45. The van der Waals surface area contributed by atoms with Gasteiger partial charge >= 0.3 is 0 Å². The number of rotatable bonds is 4. The molecule has 1 aromatic heterocycles. The summed E-state index contributed by atoms with van der Waals surface area (Å²) in [5.74, 6) is 0.867. The van der Waals surface area contributed by atoms with Crippen LogP contribution >= 0.6 is 11.6 Å². The van der Waals surface area contributed by atoms with Gasteiger partial charge in [-0.15, -0.1) is 0 Å². The van der Waals surface area contributed by atoms with Crippen LogP contribution in [0.25, 0.3) is 0 Å². The maximum Gasteiger partial charge on any atom is 0.0863 e. The smallest absolute Gasteiger partial charge is 0.0863 e. The first-order chi connectivity index (χ1) is 9.91. The minimum atomic E-state index is 0.171. The summed E-state index contributed by atoms with van der Waals surface area (Å²) in [6.07, 6.45) is 3.65. The summed E-state index contributed by atoms with van der Waals surface area (Å²) in [7, 11) is 2.01. The van der Waals surface area contributed by atoms with Crippen molar-refractivity contribution in [2.24, 2.45) is 13.0 Å². The average Bonchev–Trinajstić information content (AvgIpc) is 3.21. The van der Waals surface area contributed by atoms with Gasteiger partial charge in [0.2, 0.25) is 0 Å². The molecule has 2 aliphatic rings. The molecule has 2 heterocycles. The number of aryl methyl sites for hydroxylation is 2. The van der Waals surface area contributed by atoms with Crippen molar-refractivity contribution >= 4 is 11.6 Å². The van der Waals surface area contributed by atoms with E-state index in [1.165, 1.54) is 12.8 Å². The molecule has 0 bridgehead atoms. The Balaban J connectivity index is 1.82. The molecule has 1 saturated heterocycles. The van der Waals surface area contributed by atoms with E-state index in [2.05, 4.69) is 36.1 Å². The van der Waals surface area contributed by atoms with E-state index < -0.39 is 0 Å². The van der Waals surface area contributed by atoms with Gasteiger partial charge in [-0.2, -0.15) is 5.10 Å². The van der Waals surface area contributed by atoms with E-state index in [0.717, 1.165) is 48.4 Å². The molecule has 1 aromatic rings. The predicted octanol–water partition coefficient (Wildman–Crippen LogP) is 2.60. The Hall–Kier alpha value is -0.580. The Labute approximate surface area is 132 Å². The highest BCUT2D eigenvalue weighted by molar-refractivity contribution is 6.31. The maximum absolute atomic E-state index is 6.54. The molecule has 2 fully saturated rings. The second-order valence-corrected chi connectivity index (χ2v) is 7.64. The van der Waals surface area contributed by atoms with Gasteiger partial charge in [-0.3, -0.25) is 9.58 Å². The van der Waals surface area contributed by atoms with E-state index in [4.69, 9.17) is 11.6 Å². The fourth-order valence-electron chi connectivity index (χ4n) is 3.49. The van der Waals surface area contributed by atoms with Crippen molar-refractivity contribution in [2.45, 2.75) is 58.2 Å². The van der Waals surface area contributed by atoms with Crippen molar-refractivity contribution in [1.82, 2.24) is 20.0 Å². The zero-order valence-corrected chi connectivity index (χ0v) is 14.4. The van der Waals surface area contributed by atoms with Gasteiger partial charge in [0.15, 0.2) is 0 Å². The molecular weight excluding hydrogens is 284 g/mol. The van der Waals surface area contributed by atoms with E-state index in [1.54, 1.807) is 0 Å². The minimum Gasteiger partial charge on any atom is -0.309 e. The Morgan fingerprint density at radius 1 is 1.38 bits per heavy atom. The largest absolute Gasteiger partial charge is 0.309 e. The zero-order valence-electron chi connectivity index (χ0n) is 13.6. The molecule has 0 radical (unpaired) electrons. The third-order valence-corrected chi connectivity index (χ3v) is 5.32. The topological polar surface area (TPSA) is 33.1 Å². The van der Waals surface area contributed by atoms with E-state index in [-0.39, 0.29) is 5.54 Å². The molecule has 1 N–H and O–H groups in total. The van der Waals surface area contributed by atoms with Crippen LogP contribution in [0.15, 0.2) is 0 Å². The van der Waals surface area contributed by atoms with Crippen LogP contribution < -0.4 is 5.32 Å².